The summed E-state index contributed by atoms with van der Waals surface area (Å²) in [4.78, 5) is 16.7. The molecule has 0 radical (unpaired) electrons. The standard InChI is InChI=1S/C18H29N3O/c1-3-16-9-7-8-12-21(16)14-15(13-19)18(22)20(2)17-10-5-4-6-11-17/h14,16-17H,3-12H2,1-2H3/b15-14-. The highest BCUT2D eigenvalue weighted by atomic mass is 16.2. The van der Waals surface area contributed by atoms with E-state index in [1.807, 2.05) is 13.2 Å². The van der Waals surface area contributed by atoms with Crippen LogP contribution in [-0.2, 0) is 4.79 Å². The van der Waals surface area contributed by atoms with Crippen LogP contribution >= 0.6 is 0 Å². The summed E-state index contributed by atoms with van der Waals surface area (Å²) < 4.78 is 0. The molecule has 22 heavy (non-hydrogen) atoms. The van der Waals surface area contributed by atoms with E-state index in [9.17, 15) is 10.1 Å². The number of rotatable bonds is 4. The SMILES string of the molecule is CCC1CCCCN1/C=C(/C#N)C(=O)N(C)C1CCCCC1. The van der Waals surface area contributed by atoms with Gasteiger partial charge in [0.15, 0.2) is 0 Å². The predicted molar refractivity (Wildman–Crippen MR) is 88.0 cm³/mol. The normalized spacial score (nSPS) is 24.0. The summed E-state index contributed by atoms with van der Waals surface area (Å²) >= 11 is 0. The molecule has 122 valence electrons. The van der Waals surface area contributed by atoms with Gasteiger partial charge in [0.2, 0.25) is 0 Å². The molecule has 2 aliphatic rings. The number of nitrogens with zero attached hydrogens (tertiary/aromatic N) is 3. The number of amides is 1. The van der Waals surface area contributed by atoms with Crippen LogP contribution in [0.25, 0.3) is 0 Å². The minimum absolute atomic E-state index is 0.102. The summed E-state index contributed by atoms with van der Waals surface area (Å²) in [7, 11) is 1.86. The lowest BCUT2D eigenvalue weighted by Gasteiger charge is -2.35. The van der Waals surface area contributed by atoms with Crippen molar-refractivity contribution < 1.29 is 4.79 Å². The van der Waals surface area contributed by atoms with E-state index in [0.29, 0.717) is 17.7 Å². The lowest BCUT2D eigenvalue weighted by molar-refractivity contribution is -0.128. The Labute approximate surface area is 134 Å². The van der Waals surface area contributed by atoms with E-state index in [4.69, 9.17) is 0 Å². The first-order valence-corrected chi connectivity index (χ1v) is 8.82. The predicted octanol–water partition coefficient (Wildman–Crippen LogP) is 3.45. The molecule has 1 unspecified atom stereocenters. The van der Waals surface area contributed by atoms with Gasteiger partial charge in [-0.25, -0.2) is 0 Å². The van der Waals surface area contributed by atoms with E-state index in [1.165, 1.54) is 32.1 Å². The zero-order chi connectivity index (χ0) is 15.9. The van der Waals surface area contributed by atoms with E-state index in [2.05, 4.69) is 17.9 Å². The largest absolute Gasteiger partial charge is 0.373 e. The second-order valence-corrected chi connectivity index (χ2v) is 6.66. The van der Waals surface area contributed by atoms with Gasteiger partial charge in [0, 0.05) is 31.9 Å². The first-order valence-electron chi connectivity index (χ1n) is 8.82. The average Bonchev–Trinajstić information content (AvgIpc) is 2.59. The van der Waals surface area contributed by atoms with Crippen molar-refractivity contribution in [3.05, 3.63) is 11.8 Å². The summed E-state index contributed by atoms with van der Waals surface area (Å²) in [5.41, 5.74) is 0.299. The molecule has 1 amide bonds. The molecule has 4 nitrogen and oxygen atoms in total. The fraction of sp³-hybridized carbons (Fsp3) is 0.778. The zero-order valence-electron chi connectivity index (χ0n) is 14.1. The van der Waals surface area contributed by atoms with Crippen molar-refractivity contribution in [2.75, 3.05) is 13.6 Å². The van der Waals surface area contributed by atoms with Crippen LogP contribution in [0.3, 0.4) is 0 Å². The van der Waals surface area contributed by atoms with Gasteiger partial charge in [0.1, 0.15) is 11.6 Å². The number of likely N-dealkylation sites (N-methyl/N-ethyl adjacent to an activating group) is 1. The van der Waals surface area contributed by atoms with Crippen molar-refractivity contribution in [2.45, 2.75) is 76.8 Å². The molecule has 1 saturated carbocycles. The number of hydrogen-bond donors (Lipinski definition) is 0. The van der Waals surface area contributed by atoms with Crippen molar-refractivity contribution in [3.63, 3.8) is 0 Å². The fourth-order valence-corrected chi connectivity index (χ4v) is 3.75. The molecule has 1 saturated heterocycles. The van der Waals surface area contributed by atoms with Crippen LogP contribution in [-0.4, -0.2) is 41.4 Å². The molecule has 0 bridgehead atoms. The number of hydrogen-bond acceptors (Lipinski definition) is 3. The first kappa shape index (κ1) is 16.9. The van der Waals surface area contributed by atoms with E-state index in [-0.39, 0.29) is 5.91 Å². The van der Waals surface area contributed by atoms with Crippen molar-refractivity contribution in [1.29, 1.82) is 5.26 Å². The second-order valence-electron chi connectivity index (χ2n) is 6.66. The van der Waals surface area contributed by atoms with Gasteiger partial charge < -0.3 is 9.80 Å². The van der Waals surface area contributed by atoms with Gasteiger partial charge in [0.05, 0.1) is 0 Å². The molecule has 0 aromatic carbocycles. The maximum Gasteiger partial charge on any atom is 0.265 e. The summed E-state index contributed by atoms with van der Waals surface area (Å²) in [6.07, 6.45) is 12.3. The third kappa shape index (κ3) is 4.03. The first-order chi connectivity index (χ1) is 10.7. The third-order valence-corrected chi connectivity index (χ3v) is 5.23. The summed E-state index contributed by atoms with van der Waals surface area (Å²) in [5, 5.41) is 9.44. The van der Waals surface area contributed by atoms with Crippen LogP contribution in [0.15, 0.2) is 11.8 Å². The molecule has 2 fully saturated rings. The highest BCUT2D eigenvalue weighted by Crippen LogP contribution is 2.24. The lowest BCUT2D eigenvalue weighted by atomic mass is 9.94. The topological polar surface area (TPSA) is 47.3 Å². The van der Waals surface area contributed by atoms with E-state index >= 15 is 0 Å². The Balaban J connectivity index is 2.07. The quantitative estimate of drug-likeness (QED) is 0.590. The van der Waals surface area contributed by atoms with Gasteiger partial charge >= 0.3 is 0 Å². The van der Waals surface area contributed by atoms with Crippen LogP contribution in [0.2, 0.25) is 0 Å². The zero-order valence-corrected chi connectivity index (χ0v) is 14.1. The smallest absolute Gasteiger partial charge is 0.265 e. The molecule has 0 aromatic rings. The Kier molecular flexibility index (Phi) is 6.30. The van der Waals surface area contributed by atoms with E-state index in [0.717, 1.165) is 32.2 Å². The van der Waals surface area contributed by atoms with Crippen molar-refractivity contribution in [1.82, 2.24) is 9.80 Å². The van der Waals surface area contributed by atoms with Gasteiger partial charge in [-0.2, -0.15) is 5.26 Å². The Morgan fingerprint density at radius 3 is 2.55 bits per heavy atom. The van der Waals surface area contributed by atoms with E-state index in [1.54, 1.807) is 4.90 Å². The maximum absolute atomic E-state index is 12.7. The van der Waals surface area contributed by atoms with Gasteiger partial charge in [-0.1, -0.05) is 26.2 Å². The summed E-state index contributed by atoms with van der Waals surface area (Å²) in [6, 6.07) is 2.93. The molecule has 4 heteroatoms. The number of carbonyl (C=O) groups is 1. The number of nitriles is 1. The average molecular weight is 303 g/mol. The fourth-order valence-electron chi connectivity index (χ4n) is 3.75. The van der Waals surface area contributed by atoms with Gasteiger partial charge in [0.25, 0.3) is 5.91 Å². The van der Waals surface area contributed by atoms with Crippen molar-refractivity contribution in [2.24, 2.45) is 0 Å². The van der Waals surface area contributed by atoms with Crippen LogP contribution in [0.4, 0.5) is 0 Å². The van der Waals surface area contributed by atoms with Crippen LogP contribution < -0.4 is 0 Å². The summed E-state index contributed by atoms with van der Waals surface area (Å²) in [6.45, 7) is 3.14. The molecule has 1 heterocycles. The minimum Gasteiger partial charge on any atom is -0.373 e. The molecule has 2 rings (SSSR count). The Morgan fingerprint density at radius 1 is 1.23 bits per heavy atom. The molecule has 0 aromatic heterocycles. The van der Waals surface area contributed by atoms with Crippen LogP contribution in [0.1, 0.15) is 64.7 Å². The molecule has 0 N–H and O–H groups in total. The molecule has 0 spiro atoms. The molecular weight excluding hydrogens is 274 g/mol. The number of likely N-dealkylation sites (tertiary alicyclic amines) is 1. The highest BCUT2D eigenvalue weighted by molar-refractivity contribution is 5.97. The minimum atomic E-state index is -0.102. The maximum atomic E-state index is 12.7. The highest BCUT2D eigenvalue weighted by Gasteiger charge is 2.26. The van der Waals surface area contributed by atoms with Crippen LogP contribution in [0.5, 0.6) is 0 Å². The molecular formula is C18H29N3O. The Bertz CT molecular complexity index is 446. The third-order valence-electron chi connectivity index (χ3n) is 5.23. The lowest BCUT2D eigenvalue weighted by Crippen LogP contribution is -2.40. The Hall–Kier alpha value is -1.50. The van der Waals surface area contributed by atoms with Crippen molar-refractivity contribution in [3.8, 4) is 6.07 Å². The van der Waals surface area contributed by atoms with Gasteiger partial charge in [-0.05, 0) is 38.5 Å². The number of carbonyl (C=O) groups excluding carboxylic acids is 1. The van der Waals surface area contributed by atoms with Crippen LogP contribution in [0, 0.1) is 11.3 Å². The molecule has 1 aliphatic heterocycles. The van der Waals surface area contributed by atoms with E-state index < -0.39 is 0 Å². The van der Waals surface area contributed by atoms with Crippen molar-refractivity contribution >= 4 is 5.91 Å². The second kappa shape index (κ2) is 8.22. The monoisotopic (exact) mass is 303 g/mol. The molecule has 1 atom stereocenters. The molecule has 1 aliphatic carbocycles. The number of piperidine rings is 1. The summed E-state index contributed by atoms with van der Waals surface area (Å²) in [5.74, 6) is -0.102. The van der Waals surface area contributed by atoms with Gasteiger partial charge in [-0.3, -0.25) is 4.79 Å². The van der Waals surface area contributed by atoms with Gasteiger partial charge in [-0.15, -0.1) is 0 Å². The Morgan fingerprint density at radius 2 is 1.91 bits per heavy atom.